The molecule has 0 fully saturated rings. The lowest BCUT2D eigenvalue weighted by Crippen LogP contribution is -2.04. The average Bonchev–Trinajstić information content (AvgIpc) is 2.60. The molecular weight excluding hydrogens is 332 g/mol. The number of aromatic nitrogens is 2. The summed E-state index contributed by atoms with van der Waals surface area (Å²) in [6.07, 6.45) is 4.97. The Labute approximate surface area is 131 Å². The Bertz CT molecular complexity index is 686. The molecule has 0 radical (unpaired) electrons. The number of carbonyl (C=O) groups is 1. The van der Waals surface area contributed by atoms with Gasteiger partial charge in [-0.2, -0.15) is 5.10 Å². The molecule has 0 saturated heterocycles. The van der Waals surface area contributed by atoms with Crippen molar-refractivity contribution in [2.45, 2.75) is 39.0 Å². The van der Waals surface area contributed by atoms with Crippen molar-refractivity contribution in [1.29, 1.82) is 0 Å². The molecule has 1 heterocycles. The number of rotatable bonds is 2. The van der Waals surface area contributed by atoms with Gasteiger partial charge in [0, 0.05) is 15.7 Å². The smallest absolute Gasteiger partial charge is 0.356 e. The molecular formula is C16H17BrN2O2. The molecule has 21 heavy (non-hydrogen) atoms. The van der Waals surface area contributed by atoms with Crippen LogP contribution >= 0.6 is 15.9 Å². The van der Waals surface area contributed by atoms with Crippen molar-refractivity contribution in [3.05, 3.63) is 45.2 Å². The van der Waals surface area contributed by atoms with Crippen molar-refractivity contribution in [3.8, 4) is 5.69 Å². The van der Waals surface area contributed by atoms with Gasteiger partial charge in [0.15, 0.2) is 5.69 Å². The van der Waals surface area contributed by atoms with Crippen molar-refractivity contribution in [2.24, 2.45) is 0 Å². The minimum Gasteiger partial charge on any atom is -0.476 e. The maximum Gasteiger partial charge on any atom is 0.356 e. The highest BCUT2D eigenvalue weighted by molar-refractivity contribution is 9.10. The molecule has 3 rings (SSSR count). The van der Waals surface area contributed by atoms with Gasteiger partial charge in [0.2, 0.25) is 0 Å². The lowest BCUT2D eigenvalue weighted by atomic mass is 10.1. The van der Waals surface area contributed by atoms with E-state index >= 15 is 0 Å². The highest BCUT2D eigenvalue weighted by Gasteiger charge is 2.24. The van der Waals surface area contributed by atoms with Gasteiger partial charge in [-0.3, -0.25) is 0 Å². The second-order valence-corrected chi connectivity index (χ2v) is 6.45. The molecule has 4 nitrogen and oxygen atoms in total. The zero-order chi connectivity index (χ0) is 15.0. The molecule has 1 aliphatic carbocycles. The Morgan fingerprint density at radius 1 is 1.24 bits per heavy atom. The van der Waals surface area contributed by atoms with Crippen LogP contribution in [-0.2, 0) is 12.8 Å². The van der Waals surface area contributed by atoms with Crippen LogP contribution in [-0.4, -0.2) is 20.9 Å². The SMILES string of the molecule is Cc1cc(Br)cc(-n2nc(C(=O)O)c3c2CCCCC3)c1. The maximum absolute atomic E-state index is 11.5. The molecule has 1 aromatic heterocycles. The number of nitrogens with zero attached hydrogens (tertiary/aromatic N) is 2. The average molecular weight is 349 g/mol. The van der Waals surface area contributed by atoms with Gasteiger partial charge in [-0.15, -0.1) is 0 Å². The van der Waals surface area contributed by atoms with Gasteiger partial charge in [0.1, 0.15) is 0 Å². The summed E-state index contributed by atoms with van der Waals surface area (Å²) < 4.78 is 2.80. The van der Waals surface area contributed by atoms with Crippen LogP contribution in [0.1, 0.15) is 46.6 Å². The van der Waals surface area contributed by atoms with E-state index in [0.717, 1.165) is 59.1 Å². The number of fused-ring (bicyclic) bond motifs is 1. The zero-order valence-electron chi connectivity index (χ0n) is 11.9. The zero-order valence-corrected chi connectivity index (χ0v) is 13.5. The summed E-state index contributed by atoms with van der Waals surface area (Å²) in [5.41, 5.74) is 4.23. The minimum absolute atomic E-state index is 0.213. The van der Waals surface area contributed by atoms with Crippen LogP contribution in [0.4, 0.5) is 0 Å². The van der Waals surface area contributed by atoms with Gasteiger partial charge in [0.05, 0.1) is 5.69 Å². The second kappa shape index (κ2) is 5.64. The maximum atomic E-state index is 11.5. The summed E-state index contributed by atoms with van der Waals surface area (Å²) in [6, 6.07) is 6.05. The molecule has 2 aromatic rings. The van der Waals surface area contributed by atoms with Gasteiger partial charge in [-0.05, 0) is 56.4 Å². The highest BCUT2D eigenvalue weighted by Crippen LogP contribution is 2.28. The van der Waals surface area contributed by atoms with Crippen LogP contribution in [0, 0.1) is 6.92 Å². The van der Waals surface area contributed by atoms with Gasteiger partial charge in [-0.1, -0.05) is 22.4 Å². The standard InChI is InChI=1S/C16H17BrN2O2/c1-10-7-11(17)9-12(8-10)19-14-6-4-2-3-5-13(14)15(18-19)16(20)21/h7-9H,2-6H2,1H3,(H,20,21). The Morgan fingerprint density at radius 3 is 2.71 bits per heavy atom. The second-order valence-electron chi connectivity index (χ2n) is 5.54. The highest BCUT2D eigenvalue weighted by atomic mass is 79.9. The van der Waals surface area contributed by atoms with E-state index in [2.05, 4.69) is 21.0 Å². The van der Waals surface area contributed by atoms with Crippen LogP contribution in [0.5, 0.6) is 0 Å². The van der Waals surface area contributed by atoms with Crippen LogP contribution in [0.2, 0.25) is 0 Å². The summed E-state index contributed by atoms with van der Waals surface area (Å²) in [4.78, 5) is 11.5. The Morgan fingerprint density at radius 2 is 2.00 bits per heavy atom. The van der Waals surface area contributed by atoms with E-state index in [4.69, 9.17) is 0 Å². The summed E-state index contributed by atoms with van der Waals surface area (Å²) >= 11 is 3.50. The molecule has 0 bridgehead atoms. The Kier molecular flexibility index (Phi) is 3.85. The van der Waals surface area contributed by atoms with Crippen LogP contribution in [0.25, 0.3) is 5.69 Å². The monoisotopic (exact) mass is 348 g/mol. The number of benzene rings is 1. The van der Waals surface area contributed by atoms with Crippen molar-refractivity contribution in [2.75, 3.05) is 0 Å². The number of carboxylic acids is 1. The van der Waals surface area contributed by atoms with Crippen LogP contribution < -0.4 is 0 Å². The van der Waals surface area contributed by atoms with E-state index in [1.54, 1.807) is 0 Å². The summed E-state index contributed by atoms with van der Waals surface area (Å²) in [7, 11) is 0. The number of aromatic carboxylic acids is 1. The molecule has 1 N–H and O–H groups in total. The first kappa shape index (κ1) is 14.3. The molecule has 0 amide bonds. The molecule has 110 valence electrons. The van der Waals surface area contributed by atoms with E-state index < -0.39 is 5.97 Å². The van der Waals surface area contributed by atoms with E-state index in [0.29, 0.717) is 0 Å². The third-order valence-electron chi connectivity index (χ3n) is 3.90. The Hall–Kier alpha value is -1.62. The predicted octanol–water partition coefficient (Wildman–Crippen LogP) is 3.91. The Balaban J connectivity index is 2.20. The largest absolute Gasteiger partial charge is 0.476 e. The molecule has 0 spiro atoms. The summed E-state index contributed by atoms with van der Waals surface area (Å²) in [5.74, 6) is -0.932. The number of aryl methyl sites for hydroxylation is 1. The number of hydrogen-bond acceptors (Lipinski definition) is 2. The molecule has 0 saturated carbocycles. The third kappa shape index (κ3) is 2.75. The first-order chi connectivity index (χ1) is 10.1. The molecule has 1 aromatic carbocycles. The third-order valence-corrected chi connectivity index (χ3v) is 4.36. The van der Waals surface area contributed by atoms with Crippen molar-refractivity contribution in [3.63, 3.8) is 0 Å². The molecule has 0 aliphatic heterocycles. The van der Waals surface area contributed by atoms with E-state index in [1.165, 1.54) is 0 Å². The van der Waals surface area contributed by atoms with Gasteiger partial charge >= 0.3 is 5.97 Å². The topological polar surface area (TPSA) is 55.1 Å². The fourth-order valence-electron chi connectivity index (χ4n) is 3.00. The first-order valence-corrected chi connectivity index (χ1v) is 7.97. The fourth-order valence-corrected chi connectivity index (χ4v) is 3.60. The van der Waals surface area contributed by atoms with Crippen molar-refractivity contribution >= 4 is 21.9 Å². The number of carboxylic acid groups (broad SMARTS) is 1. The van der Waals surface area contributed by atoms with Crippen LogP contribution in [0.3, 0.4) is 0 Å². The van der Waals surface area contributed by atoms with Gasteiger partial charge in [0.25, 0.3) is 0 Å². The normalized spacial score (nSPS) is 14.6. The number of halogens is 1. The van der Waals surface area contributed by atoms with Gasteiger partial charge < -0.3 is 5.11 Å². The molecule has 1 aliphatic rings. The molecule has 0 unspecified atom stereocenters. The predicted molar refractivity (Wildman–Crippen MR) is 84.2 cm³/mol. The quantitative estimate of drug-likeness (QED) is 0.837. The van der Waals surface area contributed by atoms with Crippen LogP contribution in [0.15, 0.2) is 22.7 Å². The first-order valence-electron chi connectivity index (χ1n) is 7.18. The molecule has 5 heteroatoms. The van der Waals surface area contributed by atoms with Crippen molar-refractivity contribution < 1.29 is 9.90 Å². The molecule has 0 atom stereocenters. The summed E-state index contributed by atoms with van der Waals surface area (Å²) in [6.45, 7) is 2.02. The number of hydrogen-bond donors (Lipinski definition) is 1. The summed E-state index contributed by atoms with van der Waals surface area (Å²) in [5, 5.41) is 13.8. The van der Waals surface area contributed by atoms with E-state index in [-0.39, 0.29) is 5.69 Å². The van der Waals surface area contributed by atoms with Gasteiger partial charge in [-0.25, -0.2) is 9.48 Å². The fraction of sp³-hybridized carbons (Fsp3) is 0.375. The van der Waals surface area contributed by atoms with E-state index in [1.807, 2.05) is 29.8 Å². The lowest BCUT2D eigenvalue weighted by molar-refractivity contribution is 0.0688. The van der Waals surface area contributed by atoms with Crippen molar-refractivity contribution in [1.82, 2.24) is 9.78 Å². The lowest BCUT2D eigenvalue weighted by Gasteiger charge is -2.09. The van der Waals surface area contributed by atoms with E-state index in [9.17, 15) is 9.90 Å². The minimum atomic E-state index is -0.932.